The first-order chi connectivity index (χ1) is 16.0. The number of alkyl halides is 3. The fourth-order valence-corrected chi connectivity index (χ4v) is 5.32. The minimum absolute atomic E-state index is 0.00474. The van der Waals surface area contributed by atoms with Gasteiger partial charge in [0, 0.05) is 10.8 Å². The third-order valence-corrected chi connectivity index (χ3v) is 6.90. The zero-order valence-corrected chi connectivity index (χ0v) is 18.2. The van der Waals surface area contributed by atoms with Gasteiger partial charge in [-0.15, -0.1) is 11.3 Å². The molecular formula is C20H18F3N5O5S. The molecule has 34 heavy (non-hydrogen) atoms. The number of hydrogen-bond acceptors (Lipinski definition) is 8. The Hall–Kier alpha value is -3.07. The highest BCUT2D eigenvalue weighted by Crippen LogP contribution is 2.40. The molecule has 180 valence electrons. The van der Waals surface area contributed by atoms with Gasteiger partial charge in [0.25, 0.3) is 5.91 Å². The lowest BCUT2D eigenvalue weighted by Crippen LogP contribution is -2.45. The number of thiophene rings is 1. The number of amides is 2. The highest BCUT2D eigenvalue weighted by molar-refractivity contribution is 7.17. The summed E-state index contributed by atoms with van der Waals surface area (Å²) in [6.07, 6.45) is -6.89. The van der Waals surface area contributed by atoms with Crippen molar-refractivity contribution >= 4 is 44.9 Å². The first kappa shape index (κ1) is 22.7. The summed E-state index contributed by atoms with van der Waals surface area (Å²) >= 11 is 0.959. The van der Waals surface area contributed by atoms with Gasteiger partial charge in [0.2, 0.25) is 5.91 Å². The van der Waals surface area contributed by atoms with Crippen LogP contribution < -0.4 is 10.6 Å². The van der Waals surface area contributed by atoms with Gasteiger partial charge in [-0.1, -0.05) is 0 Å². The van der Waals surface area contributed by atoms with Crippen LogP contribution in [0.3, 0.4) is 0 Å². The average molecular weight is 497 g/mol. The van der Waals surface area contributed by atoms with Crippen LogP contribution in [0.5, 0.6) is 0 Å². The molecule has 2 fully saturated rings. The molecule has 5 heterocycles. The number of fused-ring (bicyclic) bond motifs is 3. The molecule has 0 aromatic carbocycles. The van der Waals surface area contributed by atoms with Gasteiger partial charge in [-0.3, -0.25) is 14.7 Å². The minimum atomic E-state index is -4.59. The molecule has 0 aliphatic carbocycles. The number of aromatic nitrogens is 3. The van der Waals surface area contributed by atoms with Gasteiger partial charge in [-0.2, -0.15) is 18.3 Å². The van der Waals surface area contributed by atoms with E-state index in [0.29, 0.717) is 10.9 Å². The van der Waals surface area contributed by atoms with Crippen LogP contribution in [0.15, 0.2) is 17.6 Å². The lowest BCUT2D eigenvalue weighted by atomic mass is 9.85. The predicted molar refractivity (Wildman–Crippen MR) is 113 cm³/mol. The molecule has 2 aliphatic rings. The number of carbonyl (C=O) groups excluding carboxylic acids is 2. The maximum atomic E-state index is 13.0. The van der Waals surface area contributed by atoms with Gasteiger partial charge in [0.1, 0.15) is 34.1 Å². The second-order valence-electron chi connectivity index (χ2n) is 8.22. The van der Waals surface area contributed by atoms with Crippen molar-refractivity contribution in [3.8, 4) is 0 Å². The lowest BCUT2D eigenvalue weighted by molar-refractivity contribution is -0.141. The standard InChI is InChI=1S/C20H18F3N5O5S/c1-6-2-11(20(21,22)23)26-19-12(6)9(5-34-19)25-18(32)8-4-24-28-16(8)27-17(31)7-3-10-13(29)14(30)15(7)33-10/h2,4-5,7,10,13-15,29-30H,3H2,1H3,(H,25,32)(H2,24,27,28,31)/t7-,10-,13-,14-,15+/m0/s1. The van der Waals surface area contributed by atoms with E-state index in [2.05, 4.69) is 25.8 Å². The molecule has 2 bridgehead atoms. The van der Waals surface area contributed by atoms with Gasteiger partial charge < -0.3 is 25.6 Å². The normalized spacial score (nSPS) is 26.2. The summed E-state index contributed by atoms with van der Waals surface area (Å²) in [7, 11) is 0. The van der Waals surface area contributed by atoms with Crippen LogP contribution in [0.2, 0.25) is 0 Å². The molecule has 0 saturated carbocycles. The Kier molecular flexibility index (Phi) is 5.35. The molecular weight excluding hydrogens is 479 g/mol. The first-order valence-corrected chi connectivity index (χ1v) is 11.1. The monoisotopic (exact) mass is 497 g/mol. The number of hydrogen-bond donors (Lipinski definition) is 5. The van der Waals surface area contributed by atoms with Crippen molar-refractivity contribution in [1.29, 1.82) is 0 Å². The number of halogens is 3. The van der Waals surface area contributed by atoms with Gasteiger partial charge in [-0.25, -0.2) is 4.98 Å². The number of nitrogens with one attached hydrogen (secondary N) is 3. The number of nitrogens with zero attached hydrogens (tertiary/aromatic N) is 2. The molecule has 0 unspecified atom stereocenters. The Morgan fingerprint density at radius 3 is 2.71 bits per heavy atom. The number of rotatable bonds is 4. The van der Waals surface area contributed by atoms with Crippen LogP contribution in [-0.2, 0) is 15.7 Å². The quantitative estimate of drug-likeness (QED) is 0.370. The smallest absolute Gasteiger partial charge is 0.388 e. The van der Waals surface area contributed by atoms with E-state index in [0.717, 1.165) is 17.4 Å². The van der Waals surface area contributed by atoms with Crippen LogP contribution >= 0.6 is 11.3 Å². The van der Waals surface area contributed by atoms with E-state index < -0.39 is 54.0 Å². The summed E-state index contributed by atoms with van der Waals surface area (Å²) in [6, 6.07) is 0.914. The van der Waals surface area contributed by atoms with E-state index in [1.807, 2.05) is 0 Å². The number of carbonyl (C=O) groups is 2. The molecule has 0 spiro atoms. The summed E-state index contributed by atoms with van der Waals surface area (Å²) in [5.74, 6) is -1.88. The molecule has 2 amide bonds. The number of pyridine rings is 1. The zero-order chi connectivity index (χ0) is 24.4. The third kappa shape index (κ3) is 3.72. The van der Waals surface area contributed by atoms with Crippen molar-refractivity contribution in [3.63, 3.8) is 0 Å². The Morgan fingerprint density at radius 1 is 1.26 bits per heavy atom. The van der Waals surface area contributed by atoms with Crippen LogP contribution in [-0.4, -0.2) is 61.6 Å². The summed E-state index contributed by atoms with van der Waals surface area (Å²) in [5.41, 5.74) is -0.443. The van der Waals surface area contributed by atoms with Crippen LogP contribution in [0, 0.1) is 12.8 Å². The topological polar surface area (TPSA) is 149 Å². The largest absolute Gasteiger partial charge is 0.433 e. The summed E-state index contributed by atoms with van der Waals surface area (Å²) in [4.78, 5) is 29.4. The molecule has 14 heteroatoms. The molecule has 0 radical (unpaired) electrons. The van der Waals surface area contributed by atoms with Crippen molar-refractivity contribution < 1.29 is 37.7 Å². The highest BCUT2D eigenvalue weighted by Gasteiger charge is 2.55. The Bertz CT molecular complexity index is 1290. The molecule has 2 aliphatic heterocycles. The van der Waals surface area contributed by atoms with E-state index >= 15 is 0 Å². The zero-order valence-electron chi connectivity index (χ0n) is 17.4. The fourth-order valence-electron chi connectivity index (χ4n) is 4.37. The number of aliphatic hydroxyl groups excluding tert-OH is 2. The maximum absolute atomic E-state index is 13.0. The van der Waals surface area contributed by atoms with E-state index in [-0.39, 0.29) is 28.3 Å². The number of H-pyrrole nitrogens is 1. The van der Waals surface area contributed by atoms with E-state index in [4.69, 9.17) is 4.74 Å². The number of anilines is 2. The van der Waals surface area contributed by atoms with E-state index in [1.54, 1.807) is 0 Å². The molecule has 3 aromatic heterocycles. The molecule has 5 N–H and O–H groups in total. The lowest BCUT2D eigenvalue weighted by Gasteiger charge is -2.25. The van der Waals surface area contributed by atoms with Gasteiger partial charge >= 0.3 is 6.18 Å². The Morgan fingerprint density at radius 2 is 2.03 bits per heavy atom. The van der Waals surface area contributed by atoms with E-state index in [9.17, 15) is 33.0 Å². The van der Waals surface area contributed by atoms with Crippen molar-refractivity contribution in [1.82, 2.24) is 15.2 Å². The van der Waals surface area contributed by atoms with Crippen LogP contribution in [0.4, 0.5) is 24.7 Å². The molecule has 5 rings (SSSR count). The summed E-state index contributed by atoms with van der Waals surface area (Å²) in [6.45, 7) is 1.49. The Balaban J connectivity index is 1.33. The molecule has 5 atom stereocenters. The Labute approximate surface area is 193 Å². The van der Waals surface area contributed by atoms with Crippen molar-refractivity contribution in [2.45, 2.75) is 43.9 Å². The molecule has 10 nitrogen and oxygen atoms in total. The van der Waals surface area contributed by atoms with Gasteiger partial charge in [-0.05, 0) is 25.0 Å². The van der Waals surface area contributed by atoms with Gasteiger partial charge in [0.15, 0.2) is 0 Å². The maximum Gasteiger partial charge on any atom is 0.433 e. The SMILES string of the molecule is Cc1cc(C(F)(F)F)nc2scc(NC(=O)c3cn[nH]c3NC(=O)[C@H]3C[C@@H]4O[C@H]3[C@@H](O)[C@H]4O)c12. The third-order valence-electron chi connectivity index (χ3n) is 6.03. The number of ether oxygens (including phenoxy) is 1. The predicted octanol–water partition coefficient (Wildman–Crippen LogP) is 2.05. The fraction of sp³-hybridized carbons (Fsp3) is 0.400. The minimum Gasteiger partial charge on any atom is -0.388 e. The summed E-state index contributed by atoms with van der Waals surface area (Å²) < 4.78 is 44.6. The number of aromatic amines is 1. The summed E-state index contributed by atoms with van der Waals surface area (Å²) in [5, 5.41) is 33.2. The number of aliphatic hydroxyl groups is 2. The van der Waals surface area contributed by atoms with Crippen molar-refractivity contribution in [2.75, 3.05) is 10.6 Å². The highest BCUT2D eigenvalue weighted by atomic mass is 32.1. The second-order valence-corrected chi connectivity index (χ2v) is 9.07. The van der Waals surface area contributed by atoms with Gasteiger partial charge in [0.05, 0.1) is 30.0 Å². The second kappa shape index (κ2) is 8.01. The van der Waals surface area contributed by atoms with Crippen LogP contribution in [0.1, 0.15) is 28.0 Å². The number of aryl methyl sites for hydroxylation is 1. The van der Waals surface area contributed by atoms with E-state index in [1.165, 1.54) is 18.5 Å². The average Bonchev–Trinajstić information content (AvgIpc) is 3.53. The van der Waals surface area contributed by atoms with Crippen molar-refractivity contribution in [2.24, 2.45) is 5.92 Å². The first-order valence-electron chi connectivity index (χ1n) is 10.2. The molecule has 2 saturated heterocycles. The van der Waals surface area contributed by atoms with Crippen molar-refractivity contribution in [3.05, 3.63) is 34.5 Å². The van der Waals surface area contributed by atoms with Crippen LogP contribution in [0.25, 0.3) is 10.2 Å². The molecule has 3 aromatic rings.